The van der Waals surface area contributed by atoms with Gasteiger partial charge in [-0.15, -0.1) is 0 Å². The van der Waals surface area contributed by atoms with Gasteiger partial charge in [-0.1, -0.05) is 0 Å². The summed E-state index contributed by atoms with van der Waals surface area (Å²) < 4.78 is 12.7. The molecule has 0 atom stereocenters. The Kier molecular flexibility index (Phi) is 3.53. The number of pyridine rings is 1. The minimum atomic E-state index is -0.807. The smallest absolute Gasteiger partial charge is 0.317 e. The van der Waals surface area contributed by atoms with Crippen LogP contribution < -0.4 is 4.90 Å². The maximum absolute atomic E-state index is 12.7. The zero-order valence-electron chi connectivity index (χ0n) is 9.34. The van der Waals surface area contributed by atoms with E-state index in [0.29, 0.717) is 26.2 Å². The Morgan fingerprint density at radius 3 is 2.59 bits per heavy atom. The number of rotatable bonds is 3. The lowest BCUT2D eigenvalue weighted by molar-refractivity contribution is -0.138. The summed E-state index contributed by atoms with van der Waals surface area (Å²) in [7, 11) is 0. The number of hydrogen-bond acceptors (Lipinski definition) is 4. The number of carbonyl (C=O) groups is 1. The summed E-state index contributed by atoms with van der Waals surface area (Å²) in [5, 5.41) is 8.67. The lowest BCUT2D eigenvalue weighted by atomic mass is 10.3. The maximum Gasteiger partial charge on any atom is 0.317 e. The van der Waals surface area contributed by atoms with Gasteiger partial charge in [-0.2, -0.15) is 0 Å². The highest BCUT2D eigenvalue weighted by atomic mass is 19.1. The Hall–Kier alpha value is -1.69. The van der Waals surface area contributed by atoms with E-state index in [1.165, 1.54) is 12.3 Å². The molecule has 0 radical (unpaired) electrons. The van der Waals surface area contributed by atoms with Crippen LogP contribution in [0.15, 0.2) is 18.3 Å². The van der Waals surface area contributed by atoms with E-state index in [0.717, 1.165) is 5.82 Å². The van der Waals surface area contributed by atoms with Gasteiger partial charge >= 0.3 is 5.97 Å². The third kappa shape index (κ3) is 3.13. The standard InChI is InChI=1S/C11H14FN3O2/c12-9-1-2-10(13-7-9)15-5-3-14(4-6-15)8-11(16)17/h1-2,7H,3-6,8H2,(H,16,17). The van der Waals surface area contributed by atoms with Gasteiger partial charge in [0.05, 0.1) is 12.7 Å². The first-order valence-electron chi connectivity index (χ1n) is 5.46. The van der Waals surface area contributed by atoms with Crippen LogP contribution in [0.4, 0.5) is 10.2 Å². The van der Waals surface area contributed by atoms with Crippen LogP contribution in [-0.4, -0.2) is 53.7 Å². The molecule has 0 unspecified atom stereocenters. The van der Waals surface area contributed by atoms with Gasteiger partial charge in [0.2, 0.25) is 0 Å². The minimum absolute atomic E-state index is 0.0741. The summed E-state index contributed by atoms with van der Waals surface area (Å²) in [5.74, 6) is -0.419. The molecule has 2 rings (SSSR count). The third-order valence-electron chi connectivity index (χ3n) is 2.77. The van der Waals surface area contributed by atoms with E-state index in [1.54, 1.807) is 6.07 Å². The molecule has 5 nitrogen and oxygen atoms in total. The molecule has 1 saturated heterocycles. The zero-order valence-corrected chi connectivity index (χ0v) is 9.34. The Morgan fingerprint density at radius 1 is 1.35 bits per heavy atom. The van der Waals surface area contributed by atoms with Gasteiger partial charge in [-0.05, 0) is 12.1 Å². The molecule has 1 aliphatic rings. The van der Waals surface area contributed by atoms with Crippen molar-refractivity contribution >= 4 is 11.8 Å². The van der Waals surface area contributed by atoms with Crippen LogP contribution in [-0.2, 0) is 4.79 Å². The van der Waals surface area contributed by atoms with Crippen molar-refractivity contribution in [2.75, 3.05) is 37.6 Å². The van der Waals surface area contributed by atoms with Crippen molar-refractivity contribution < 1.29 is 14.3 Å². The highest BCUT2D eigenvalue weighted by molar-refractivity contribution is 5.69. The zero-order chi connectivity index (χ0) is 12.3. The molecule has 1 N–H and O–H groups in total. The molecule has 0 saturated carbocycles. The summed E-state index contributed by atoms with van der Waals surface area (Å²) in [5.41, 5.74) is 0. The second-order valence-electron chi connectivity index (χ2n) is 3.99. The van der Waals surface area contributed by atoms with E-state index < -0.39 is 5.97 Å². The number of nitrogens with zero attached hydrogens (tertiary/aromatic N) is 3. The molecule has 0 aromatic carbocycles. The lowest BCUT2D eigenvalue weighted by Crippen LogP contribution is -2.48. The van der Waals surface area contributed by atoms with Crippen molar-refractivity contribution in [1.82, 2.24) is 9.88 Å². The normalized spacial score (nSPS) is 17.1. The van der Waals surface area contributed by atoms with Crippen molar-refractivity contribution in [3.63, 3.8) is 0 Å². The van der Waals surface area contributed by atoms with Gasteiger partial charge in [0, 0.05) is 26.2 Å². The number of carboxylic acid groups (broad SMARTS) is 1. The van der Waals surface area contributed by atoms with Gasteiger partial charge in [0.25, 0.3) is 0 Å². The summed E-state index contributed by atoms with van der Waals surface area (Å²) >= 11 is 0. The van der Waals surface area contributed by atoms with Crippen LogP contribution in [0.1, 0.15) is 0 Å². The first-order chi connectivity index (χ1) is 8.15. The fourth-order valence-corrected chi connectivity index (χ4v) is 1.88. The predicted molar refractivity (Wildman–Crippen MR) is 60.5 cm³/mol. The molecule has 0 spiro atoms. The van der Waals surface area contributed by atoms with Gasteiger partial charge in [-0.3, -0.25) is 9.69 Å². The van der Waals surface area contributed by atoms with Crippen LogP contribution in [0.2, 0.25) is 0 Å². The van der Waals surface area contributed by atoms with Crippen molar-refractivity contribution in [3.05, 3.63) is 24.1 Å². The predicted octanol–water partition coefficient (Wildman–Crippen LogP) is 0.427. The van der Waals surface area contributed by atoms with Crippen LogP contribution in [0, 0.1) is 5.82 Å². The second kappa shape index (κ2) is 5.09. The van der Waals surface area contributed by atoms with Crippen LogP contribution in [0.25, 0.3) is 0 Å². The number of aliphatic carboxylic acids is 1. The molecule has 1 aliphatic heterocycles. The summed E-state index contributed by atoms with van der Waals surface area (Å²) in [6.07, 6.45) is 1.19. The Morgan fingerprint density at radius 2 is 2.06 bits per heavy atom. The molecule has 0 bridgehead atoms. The molecule has 0 amide bonds. The molecule has 92 valence electrons. The maximum atomic E-state index is 12.7. The number of carboxylic acids is 1. The molecule has 1 aromatic rings. The van der Waals surface area contributed by atoms with Gasteiger partial charge < -0.3 is 10.0 Å². The molecule has 1 fully saturated rings. The number of halogens is 1. The van der Waals surface area contributed by atoms with Crippen LogP contribution in [0.5, 0.6) is 0 Å². The average Bonchev–Trinajstić information content (AvgIpc) is 2.30. The molecular formula is C11H14FN3O2. The highest BCUT2D eigenvalue weighted by Gasteiger charge is 2.19. The Labute approximate surface area is 98.5 Å². The van der Waals surface area contributed by atoms with E-state index in [1.807, 2.05) is 9.80 Å². The fraction of sp³-hybridized carbons (Fsp3) is 0.455. The molecular weight excluding hydrogens is 225 g/mol. The lowest BCUT2D eigenvalue weighted by Gasteiger charge is -2.34. The largest absolute Gasteiger partial charge is 0.480 e. The van der Waals surface area contributed by atoms with Gasteiger partial charge in [-0.25, -0.2) is 9.37 Å². The number of piperazine rings is 1. The highest BCUT2D eigenvalue weighted by Crippen LogP contribution is 2.13. The summed E-state index contributed by atoms with van der Waals surface area (Å²) in [4.78, 5) is 18.5. The average molecular weight is 239 g/mol. The monoisotopic (exact) mass is 239 g/mol. The second-order valence-corrected chi connectivity index (χ2v) is 3.99. The first-order valence-corrected chi connectivity index (χ1v) is 5.46. The van der Waals surface area contributed by atoms with Crippen LogP contribution in [0.3, 0.4) is 0 Å². The first kappa shape index (κ1) is 11.8. The summed E-state index contributed by atoms with van der Waals surface area (Å²) in [6.45, 7) is 2.87. The minimum Gasteiger partial charge on any atom is -0.480 e. The number of aromatic nitrogens is 1. The molecule has 17 heavy (non-hydrogen) atoms. The summed E-state index contributed by atoms with van der Waals surface area (Å²) in [6, 6.07) is 3.02. The van der Waals surface area contributed by atoms with Gasteiger partial charge in [0.15, 0.2) is 0 Å². The van der Waals surface area contributed by atoms with Crippen LogP contribution >= 0.6 is 0 Å². The fourth-order valence-electron chi connectivity index (χ4n) is 1.88. The van der Waals surface area contributed by atoms with Crippen molar-refractivity contribution in [2.24, 2.45) is 0 Å². The molecule has 1 aromatic heterocycles. The number of anilines is 1. The molecule has 2 heterocycles. The Bertz CT molecular complexity index is 388. The van der Waals surface area contributed by atoms with E-state index in [2.05, 4.69) is 4.98 Å². The van der Waals surface area contributed by atoms with E-state index >= 15 is 0 Å². The van der Waals surface area contributed by atoms with Crippen molar-refractivity contribution in [1.29, 1.82) is 0 Å². The Balaban J connectivity index is 1.90. The van der Waals surface area contributed by atoms with Gasteiger partial charge in [0.1, 0.15) is 11.6 Å². The molecule has 6 heteroatoms. The topological polar surface area (TPSA) is 56.7 Å². The van der Waals surface area contributed by atoms with Crippen molar-refractivity contribution in [3.8, 4) is 0 Å². The third-order valence-corrected chi connectivity index (χ3v) is 2.77. The molecule has 0 aliphatic carbocycles. The van der Waals surface area contributed by atoms with E-state index in [4.69, 9.17) is 5.11 Å². The number of hydrogen-bond donors (Lipinski definition) is 1. The van der Waals surface area contributed by atoms with E-state index in [-0.39, 0.29) is 12.4 Å². The van der Waals surface area contributed by atoms with E-state index in [9.17, 15) is 9.18 Å². The SMILES string of the molecule is O=C(O)CN1CCN(c2ccc(F)cn2)CC1. The van der Waals surface area contributed by atoms with Crippen molar-refractivity contribution in [2.45, 2.75) is 0 Å². The quantitative estimate of drug-likeness (QED) is 0.828.